The molecule has 117 heavy (non-hydrogen) atoms. The lowest BCUT2D eigenvalue weighted by atomic mass is 9.98. The van der Waals surface area contributed by atoms with Gasteiger partial charge in [-0.2, -0.15) is 0 Å². The number of nitrogens with one attached hydrogen (secondary N) is 12. The summed E-state index contributed by atoms with van der Waals surface area (Å²) >= 11 is 0. The minimum absolute atomic E-state index is 0.0341. The Morgan fingerprint density at radius 3 is 1.71 bits per heavy atom. The third kappa shape index (κ3) is 33.1. The van der Waals surface area contributed by atoms with E-state index >= 15 is 0 Å². The van der Waals surface area contributed by atoms with Crippen LogP contribution in [0.3, 0.4) is 0 Å². The Morgan fingerprint density at radius 2 is 1.11 bits per heavy atom. The number of carboxylic acids is 3. The second-order valence-corrected chi connectivity index (χ2v) is 28.4. The summed E-state index contributed by atoms with van der Waals surface area (Å²) in [6.45, 7) is -0.808. The highest BCUT2D eigenvalue weighted by atomic mass is 16.7. The minimum Gasteiger partial charge on any atom is -0.481 e. The number of nitrogens with two attached hydrogens (primary N) is 4. The fraction of sp³-hybridized carbons (Fsp3) is 0.662. The third-order valence-electron chi connectivity index (χ3n) is 19.4. The predicted octanol–water partition coefficient (Wildman–Crippen LogP) is -11.3. The Hall–Kier alpha value is -10.7. The monoisotopic (exact) mass is 1660 g/mol. The molecule has 18 atom stereocenters. The maximum Gasteiger partial charge on any atom is 0.326 e. The molecule has 0 aliphatic carbocycles. The van der Waals surface area contributed by atoms with Crippen LogP contribution in [-0.2, 0) is 102 Å². The lowest BCUT2D eigenvalue weighted by Gasteiger charge is -2.41. The highest BCUT2D eigenvalue weighted by Gasteiger charge is 2.47. The number of likely N-dealkylation sites (tertiary alicyclic amines) is 2. The van der Waals surface area contributed by atoms with Crippen LogP contribution in [0.5, 0.6) is 0 Å². The molecular weight excluding hydrogens is 1550 g/mol. The Balaban J connectivity index is 1.52. The lowest BCUT2D eigenvalue weighted by Crippen LogP contribution is -2.60. The smallest absolute Gasteiger partial charge is 0.326 e. The summed E-state index contributed by atoms with van der Waals surface area (Å²) in [6.07, 6.45) is -15.1. The van der Waals surface area contributed by atoms with Crippen LogP contribution in [0, 0.1) is 5.92 Å². The average Bonchev–Trinajstić information content (AvgIpc) is 1.62. The Kier molecular flexibility index (Phi) is 42.2. The van der Waals surface area contributed by atoms with Gasteiger partial charge in [-0.3, -0.25) is 81.5 Å². The molecule has 3 aliphatic heterocycles. The van der Waals surface area contributed by atoms with Gasteiger partial charge >= 0.3 is 17.9 Å². The van der Waals surface area contributed by atoms with Gasteiger partial charge in [0.15, 0.2) is 6.29 Å². The van der Waals surface area contributed by atoms with E-state index < -0.39 is 294 Å². The van der Waals surface area contributed by atoms with Crippen molar-refractivity contribution in [2.45, 2.75) is 227 Å². The standard InChI is InChI=1S/C71H112N18O28/c1-4-35(2)57(87-53(96)31-78-66(110)47-26-38(91)33-89(47)69(113)42(17-20-56(100)101)82-50(93)28-74)68(112)80-36(3)61(105)76-29-52(95)83-44(25-37-11-6-5-7-12-37)65(109)86-45(27-39(21-23-73)116-71-60(104)59(103)58(102)48(34-90)117-71)63(107)77-30-51(94)81-41(16-19-55(98)99)64(108)84-40(15-18-49(75)92)62(106)79-32-54(97)88-24-10-14-46(88)67(111)85-43(70(114)115)13-8-9-22-72/h5-7,11-12,35-36,38-48,57-60,71,90-91,102-104H,4,8-10,13-34,72-74H2,1-3H3,(H2,75,92)(H,76,105)(H,77,107)(H,78,110)(H,79,106)(H,80,112)(H,81,94)(H,82,93)(H,83,95)(H,84,108)(H,85,111)(H,86,109)(H,87,96)(H,98,99)(H,100,101)(H,114,115)/t35-,36-,38+,39+,40-,41-,42-,43-,44-,45-,46-,47-,48+,57-,58-,59-,60+,71+/m0/s1. The van der Waals surface area contributed by atoms with Gasteiger partial charge in [0.1, 0.15) is 84.8 Å². The van der Waals surface area contributed by atoms with Gasteiger partial charge in [0, 0.05) is 51.6 Å². The Bertz CT molecular complexity index is 3600. The van der Waals surface area contributed by atoms with Gasteiger partial charge < -0.3 is 147 Å². The quantitative estimate of drug-likeness (QED) is 0.0269. The molecule has 0 spiro atoms. The number of carbonyl (C=O) groups is 18. The predicted molar refractivity (Wildman–Crippen MR) is 402 cm³/mol. The van der Waals surface area contributed by atoms with E-state index in [1.807, 2.05) is 0 Å². The SMILES string of the molecule is CC[C@H](C)[C@H](NC(=O)CNC(=O)[C@@H]1C[C@@H](O)CN1C(=O)[C@H](CCC(=O)O)NC(=O)CN)C(=O)N[C@@H](C)C(=O)NCC(=O)N[C@@H](Cc1ccccc1)C(=O)N[C@@H](C[C@@H](CCN)O[C@@H]1O[C@H](CO)[C@H](O)[C@H](O)[C@H]1O)C(=O)NCC(=O)N[C@@H](CCC(=O)O)C(=O)N[C@@H](CCC(N)=O)C(=O)NCC(=O)N1CCC[C@H]1C(=O)N[C@@H](CCCCN)C(=O)O. The van der Waals surface area contributed by atoms with E-state index in [0.29, 0.717) is 24.8 Å². The maximum atomic E-state index is 14.7. The zero-order valence-corrected chi connectivity index (χ0v) is 65.1. The average molecular weight is 1670 g/mol. The molecule has 46 heteroatoms. The van der Waals surface area contributed by atoms with E-state index in [-0.39, 0.29) is 71.1 Å². The van der Waals surface area contributed by atoms with E-state index in [0.717, 1.165) is 9.80 Å². The van der Waals surface area contributed by atoms with Gasteiger partial charge in [-0.05, 0) is 89.3 Å². The number of nitrogens with zero attached hydrogens (tertiary/aromatic N) is 2. The van der Waals surface area contributed by atoms with Gasteiger partial charge in [0.25, 0.3) is 0 Å². The number of β-amino-alcohol motifs (C(OH)–C–C–N with tert-alkyl or cyclic N) is 1. The van der Waals surface area contributed by atoms with Crippen LogP contribution in [0.15, 0.2) is 30.3 Å². The van der Waals surface area contributed by atoms with Crippen molar-refractivity contribution < 1.29 is 137 Å². The molecule has 3 saturated heterocycles. The van der Waals surface area contributed by atoms with E-state index in [1.54, 1.807) is 44.2 Å². The normalized spacial score (nSPS) is 20.8. The van der Waals surface area contributed by atoms with Crippen molar-refractivity contribution in [1.82, 2.24) is 73.6 Å². The topological polar surface area (TPSA) is 742 Å². The molecule has 0 saturated carbocycles. The first-order chi connectivity index (χ1) is 55.4. The number of carboxylic acid groups (broad SMARTS) is 3. The molecule has 3 aliphatic rings. The molecule has 0 aromatic heterocycles. The number of primary amides is 1. The van der Waals surface area contributed by atoms with Gasteiger partial charge in [-0.15, -0.1) is 0 Å². The van der Waals surface area contributed by atoms with Crippen molar-refractivity contribution in [3.63, 3.8) is 0 Å². The zero-order chi connectivity index (χ0) is 87.3. The number of rotatable bonds is 51. The largest absolute Gasteiger partial charge is 0.481 e. The first kappa shape index (κ1) is 98.6. The molecule has 0 radical (unpaired) electrons. The van der Waals surface area contributed by atoms with Crippen LogP contribution in [0.4, 0.5) is 0 Å². The van der Waals surface area contributed by atoms with Gasteiger partial charge in [0.2, 0.25) is 88.6 Å². The molecule has 0 unspecified atom stereocenters. The highest BCUT2D eigenvalue weighted by molar-refractivity contribution is 5.99. The summed E-state index contributed by atoms with van der Waals surface area (Å²) < 4.78 is 11.5. The Labute approximate surface area is 671 Å². The van der Waals surface area contributed by atoms with E-state index in [4.69, 9.17) is 32.4 Å². The summed E-state index contributed by atoms with van der Waals surface area (Å²) in [5.41, 5.74) is 22.6. The van der Waals surface area contributed by atoms with Crippen LogP contribution in [0.1, 0.15) is 123 Å². The van der Waals surface area contributed by atoms with Crippen LogP contribution in [-0.4, -0.2) is 326 Å². The second-order valence-electron chi connectivity index (χ2n) is 28.4. The second kappa shape index (κ2) is 50.0. The van der Waals surface area contributed by atoms with Gasteiger partial charge in [0.05, 0.1) is 51.5 Å². The van der Waals surface area contributed by atoms with Crippen molar-refractivity contribution in [3.05, 3.63) is 35.9 Å². The molecule has 1 aromatic carbocycles. The summed E-state index contributed by atoms with van der Waals surface area (Å²) in [5, 5.41) is 109. The lowest BCUT2D eigenvalue weighted by molar-refractivity contribution is -0.312. The van der Waals surface area contributed by atoms with Gasteiger partial charge in [-0.1, -0.05) is 50.6 Å². The number of aliphatic hydroxyl groups is 5. The molecule has 4 rings (SSSR count). The van der Waals surface area contributed by atoms with Crippen molar-refractivity contribution in [3.8, 4) is 0 Å². The van der Waals surface area contributed by atoms with E-state index in [1.165, 1.54) is 6.92 Å². The maximum absolute atomic E-state index is 14.7. The first-order valence-electron chi connectivity index (χ1n) is 38.2. The van der Waals surface area contributed by atoms with Crippen LogP contribution in [0.25, 0.3) is 0 Å². The first-order valence-corrected chi connectivity index (χ1v) is 38.2. The molecule has 654 valence electrons. The third-order valence-corrected chi connectivity index (χ3v) is 19.4. The van der Waals surface area contributed by atoms with Gasteiger partial charge in [-0.25, -0.2) is 4.79 Å². The number of aliphatic carboxylic acids is 3. The van der Waals surface area contributed by atoms with Crippen molar-refractivity contribution in [2.24, 2.45) is 28.9 Å². The van der Waals surface area contributed by atoms with Crippen LogP contribution in [0.2, 0.25) is 0 Å². The summed E-state index contributed by atoms with van der Waals surface area (Å²) in [7, 11) is 0. The zero-order valence-electron chi connectivity index (χ0n) is 65.1. The molecule has 1 aromatic rings. The minimum atomic E-state index is -2.00. The summed E-state index contributed by atoms with van der Waals surface area (Å²) in [4.78, 5) is 241. The summed E-state index contributed by atoms with van der Waals surface area (Å²) in [6, 6.07) is -7.22. The molecule has 28 N–H and O–H groups in total. The molecule has 15 amide bonds. The fourth-order valence-corrected chi connectivity index (χ4v) is 12.7. The highest BCUT2D eigenvalue weighted by Crippen LogP contribution is 2.26. The van der Waals surface area contributed by atoms with Crippen molar-refractivity contribution in [2.75, 3.05) is 65.5 Å². The van der Waals surface area contributed by atoms with Crippen molar-refractivity contribution in [1.29, 1.82) is 0 Å². The number of benzene rings is 1. The molecular formula is C71H112N18O28. The number of carbonyl (C=O) groups excluding carboxylic acids is 15. The number of unbranched alkanes of at least 4 members (excludes halogenated alkanes) is 1. The van der Waals surface area contributed by atoms with E-state index in [2.05, 4.69) is 63.8 Å². The van der Waals surface area contributed by atoms with Crippen LogP contribution < -0.4 is 86.7 Å². The molecule has 46 nitrogen and oxygen atoms in total. The Morgan fingerprint density at radius 1 is 0.547 bits per heavy atom. The summed E-state index contributed by atoms with van der Waals surface area (Å²) in [5.74, 6) is -19.6. The molecule has 3 heterocycles. The van der Waals surface area contributed by atoms with Crippen LogP contribution >= 0.6 is 0 Å². The number of hydrogen-bond donors (Lipinski definition) is 24. The van der Waals surface area contributed by atoms with Crippen molar-refractivity contribution >= 4 is 107 Å². The number of hydrogen-bond acceptors (Lipinski definition) is 28. The number of aliphatic hydroxyl groups excluding tert-OH is 5. The molecule has 0 bridgehead atoms. The molecule has 3 fully saturated rings. The van der Waals surface area contributed by atoms with E-state index in [9.17, 15) is 127 Å². The number of amides is 15. The number of ether oxygens (including phenoxy) is 2. The fourth-order valence-electron chi connectivity index (χ4n) is 12.7.